The van der Waals surface area contributed by atoms with Gasteiger partial charge in [0, 0.05) is 17.3 Å². The summed E-state index contributed by atoms with van der Waals surface area (Å²) in [5.41, 5.74) is -1.39. The highest BCUT2D eigenvalue weighted by Crippen LogP contribution is 2.32. The SMILES string of the molecule is C[Si](C)(C)CNC(=O)c1ccc(/C=N/O)c(C(F)(F)F)c1. The fourth-order valence-corrected chi connectivity index (χ4v) is 2.26. The Morgan fingerprint density at radius 2 is 2.00 bits per heavy atom. The summed E-state index contributed by atoms with van der Waals surface area (Å²) in [5.74, 6) is -0.546. The van der Waals surface area contributed by atoms with Crippen molar-refractivity contribution < 1.29 is 23.2 Å². The summed E-state index contributed by atoms with van der Waals surface area (Å²) < 4.78 is 38.8. The van der Waals surface area contributed by atoms with Crippen LogP contribution >= 0.6 is 0 Å². The first-order chi connectivity index (χ1) is 9.54. The van der Waals surface area contributed by atoms with Crippen molar-refractivity contribution in [1.29, 1.82) is 0 Å². The molecule has 21 heavy (non-hydrogen) atoms. The number of benzene rings is 1. The number of nitrogens with one attached hydrogen (secondary N) is 1. The minimum Gasteiger partial charge on any atom is -0.411 e. The molecule has 0 atom stereocenters. The summed E-state index contributed by atoms with van der Waals surface area (Å²) in [6.45, 7) is 6.11. The summed E-state index contributed by atoms with van der Waals surface area (Å²) in [5, 5.41) is 13.6. The number of rotatable bonds is 4. The fraction of sp³-hybridized carbons (Fsp3) is 0.385. The van der Waals surface area contributed by atoms with Gasteiger partial charge in [0.2, 0.25) is 0 Å². The largest absolute Gasteiger partial charge is 0.417 e. The lowest BCUT2D eigenvalue weighted by molar-refractivity contribution is -0.137. The number of alkyl halides is 3. The number of carbonyl (C=O) groups excluding carboxylic acids is 1. The van der Waals surface area contributed by atoms with Crippen molar-refractivity contribution in [3.05, 3.63) is 34.9 Å². The molecule has 0 aliphatic heterocycles. The van der Waals surface area contributed by atoms with E-state index < -0.39 is 25.7 Å². The number of oxime groups is 1. The van der Waals surface area contributed by atoms with Gasteiger partial charge in [-0.25, -0.2) is 0 Å². The van der Waals surface area contributed by atoms with E-state index >= 15 is 0 Å². The Morgan fingerprint density at radius 3 is 2.48 bits per heavy atom. The molecular weight excluding hydrogens is 301 g/mol. The van der Waals surface area contributed by atoms with E-state index in [0.29, 0.717) is 12.4 Å². The van der Waals surface area contributed by atoms with Gasteiger partial charge >= 0.3 is 6.18 Å². The Morgan fingerprint density at radius 1 is 1.38 bits per heavy atom. The number of nitrogens with zero attached hydrogens (tertiary/aromatic N) is 1. The molecule has 0 saturated heterocycles. The maximum Gasteiger partial charge on any atom is 0.417 e. The highest BCUT2D eigenvalue weighted by Gasteiger charge is 2.33. The van der Waals surface area contributed by atoms with Gasteiger partial charge in [-0.1, -0.05) is 30.9 Å². The standard InChI is InChI=1S/C13H17F3N2O2Si/c1-21(2,3)8-17-12(19)9-4-5-10(7-18-20)11(6-9)13(14,15)16/h4-7,20H,8H2,1-3H3,(H,17,19)/b18-7+. The van der Waals surface area contributed by atoms with E-state index in [2.05, 4.69) is 10.5 Å². The summed E-state index contributed by atoms with van der Waals surface area (Å²) in [4.78, 5) is 11.9. The Hall–Kier alpha value is -1.83. The lowest BCUT2D eigenvalue weighted by Crippen LogP contribution is -2.39. The number of hydrogen-bond donors (Lipinski definition) is 2. The molecule has 0 radical (unpaired) electrons. The second-order valence-electron chi connectivity index (χ2n) is 5.79. The van der Waals surface area contributed by atoms with Crippen molar-refractivity contribution in [1.82, 2.24) is 5.32 Å². The zero-order valence-electron chi connectivity index (χ0n) is 12.0. The first-order valence-corrected chi connectivity index (χ1v) is 9.92. The molecule has 0 unspecified atom stereocenters. The third-order valence-electron chi connectivity index (χ3n) is 2.60. The summed E-state index contributed by atoms with van der Waals surface area (Å²) in [6.07, 6.45) is -3.47. The quantitative estimate of drug-likeness (QED) is 0.388. The summed E-state index contributed by atoms with van der Waals surface area (Å²) >= 11 is 0. The van der Waals surface area contributed by atoms with E-state index in [0.717, 1.165) is 12.1 Å². The lowest BCUT2D eigenvalue weighted by Gasteiger charge is -2.17. The van der Waals surface area contributed by atoms with Crippen LogP contribution in [0.2, 0.25) is 19.6 Å². The molecule has 4 nitrogen and oxygen atoms in total. The highest BCUT2D eigenvalue weighted by molar-refractivity contribution is 6.76. The first-order valence-electron chi connectivity index (χ1n) is 6.21. The molecule has 8 heteroatoms. The van der Waals surface area contributed by atoms with Crippen LogP contribution in [0.5, 0.6) is 0 Å². The van der Waals surface area contributed by atoms with Crippen LogP contribution in [0.25, 0.3) is 0 Å². The van der Waals surface area contributed by atoms with E-state index in [9.17, 15) is 18.0 Å². The average Bonchev–Trinajstić information content (AvgIpc) is 2.34. The number of carbonyl (C=O) groups is 1. The Bertz CT molecular complexity index is 551. The summed E-state index contributed by atoms with van der Waals surface area (Å²) in [6, 6.07) is 3.13. The number of halogens is 3. The topological polar surface area (TPSA) is 61.7 Å². The summed E-state index contributed by atoms with van der Waals surface area (Å²) in [7, 11) is -1.54. The fourth-order valence-electron chi connectivity index (χ4n) is 1.57. The number of amides is 1. The predicted molar refractivity (Wildman–Crippen MR) is 76.5 cm³/mol. The molecule has 0 fully saturated rings. The Kier molecular flexibility index (Phi) is 5.16. The van der Waals surface area contributed by atoms with Crippen molar-refractivity contribution in [3.8, 4) is 0 Å². The van der Waals surface area contributed by atoms with E-state index in [1.54, 1.807) is 0 Å². The smallest absolute Gasteiger partial charge is 0.411 e. The van der Waals surface area contributed by atoms with Gasteiger partial charge < -0.3 is 10.5 Å². The van der Waals surface area contributed by atoms with E-state index in [-0.39, 0.29) is 11.1 Å². The van der Waals surface area contributed by atoms with Crippen LogP contribution in [0.3, 0.4) is 0 Å². The van der Waals surface area contributed by atoms with Crippen molar-refractivity contribution in [3.63, 3.8) is 0 Å². The predicted octanol–water partition coefficient (Wildman–Crippen LogP) is 3.12. The molecule has 0 heterocycles. The number of hydrogen-bond acceptors (Lipinski definition) is 3. The molecule has 1 aromatic carbocycles. The van der Waals surface area contributed by atoms with Crippen LogP contribution in [-0.4, -0.2) is 31.6 Å². The van der Waals surface area contributed by atoms with Crippen molar-refractivity contribution in [2.24, 2.45) is 5.16 Å². The molecule has 1 aromatic rings. The van der Waals surface area contributed by atoms with E-state index in [1.165, 1.54) is 6.07 Å². The molecule has 0 aliphatic rings. The third kappa shape index (κ3) is 5.22. The van der Waals surface area contributed by atoms with Gasteiger partial charge in [0.15, 0.2) is 0 Å². The van der Waals surface area contributed by atoms with Crippen molar-refractivity contribution >= 4 is 20.2 Å². The zero-order valence-corrected chi connectivity index (χ0v) is 13.0. The maximum atomic E-state index is 12.9. The first kappa shape index (κ1) is 17.2. The van der Waals surface area contributed by atoms with Gasteiger partial charge in [-0.15, -0.1) is 0 Å². The van der Waals surface area contributed by atoms with Crippen LogP contribution in [0.15, 0.2) is 23.4 Å². The highest BCUT2D eigenvalue weighted by atomic mass is 28.3. The van der Waals surface area contributed by atoms with Gasteiger partial charge in [-0.2, -0.15) is 13.2 Å². The molecule has 1 amide bonds. The molecule has 0 aliphatic carbocycles. The lowest BCUT2D eigenvalue weighted by atomic mass is 10.0. The zero-order chi connectivity index (χ0) is 16.3. The van der Waals surface area contributed by atoms with Gasteiger partial charge in [-0.3, -0.25) is 4.79 Å². The average molecular weight is 318 g/mol. The van der Waals surface area contributed by atoms with Gasteiger partial charge in [0.25, 0.3) is 5.91 Å². The van der Waals surface area contributed by atoms with Crippen LogP contribution in [0.1, 0.15) is 21.5 Å². The third-order valence-corrected chi connectivity index (χ3v) is 3.83. The van der Waals surface area contributed by atoms with Gasteiger partial charge in [-0.05, 0) is 12.1 Å². The molecule has 0 bridgehead atoms. The maximum absolute atomic E-state index is 12.9. The second kappa shape index (κ2) is 6.29. The van der Waals surface area contributed by atoms with Crippen LogP contribution in [0, 0.1) is 0 Å². The Balaban J connectivity index is 3.08. The second-order valence-corrected chi connectivity index (χ2v) is 11.3. The molecule has 0 saturated carbocycles. The molecule has 2 N–H and O–H groups in total. The molecule has 116 valence electrons. The van der Waals surface area contributed by atoms with Gasteiger partial charge in [0.1, 0.15) is 0 Å². The van der Waals surface area contributed by atoms with Crippen LogP contribution < -0.4 is 5.32 Å². The monoisotopic (exact) mass is 318 g/mol. The van der Waals surface area contributed by atoms with Crippen LogP contribution in [-0.2, 0) is 6.18 Å². The molecule has 0 aromatic heterocycles. The molecular formula is C13H17F3N2O2Si. The minimum absolute atomic E-state index is 0.0735. The molecule has 0 spiro atoms. The van der Waals surface area contributed by atoms with Crippen LogP contribution in [0.4, 0.5) is 13.2 Å². The van der Waals surface area contributed by atoms with E-state index in [1.807, 2.05) is 19.6 Å². The molecule has 1 rings (SSSR count). The van der Waals surface area contributed by atoms with Gasteiger partial charge in [0.05, 0.1) is 19.9 Å². The van der Waals surface area contributed by atoms with Crippen molar-refractivity contribution in [2.45, 2.75) is 25.8 Å². The Labute approximate surface area is 121 Å². The normalized spacial score (nSPS) is 12.7. The van der Waals surface area contributed by atoms with Crippen molar-refractivity contribution in [2.75, 3.05) is 6.17 Å². The van der Waals surface area contributed by atoms with E-state index in [4.69, 9.17) is 5.21 Å². The minimum atomic E-state index is -4.63.